The van der Waals surface area contributed by atoms with E-state index in [-0.39, 0.29) is 0 Å². The number of carboxylic acids is 1. The molecule has 1 aromatic heterocycles. The average molecular weight is 342 g/mol. The maximum atomic E-state index is 14.4. The first kappa shape index (κ1) is 16.1. The van der Waals surface area contributed by atoms with Crippen molar-refractivity contribution in [3.05, 3.63) is 70.6 Å². The largest absolute Gasteiger partial charge is 0.478 e. The Bertz CT molecular complexity index is 983. The molecule has 5 heteroatoms. The van der Waals surface area contributed by atoms with E-state index in [4.69, 9.17) is 16.7 Å². The predicted molar refractivity (Wildman–Crippen MR) is 93.6 cm³/mol. The van der Waals surface area contributed by atoms with E-state index in [2.05, 4.69) is 4.98 Å². The normalized spacial score (nSPS) is 11.3. The molecule has 0 aliphatic carbocycles. The van der Waals surface area contributed by atoms with Crippen molar-refractivity contribution in [3.8, 4) is 11.1 Å². The smallest absolute Gasteiger partial charge is 0.328 e. The Hall–Kier alpha value is -2.72. The lowest BCUT2D eigenvalue weighted by Gasteiger charge is -2.14. The highest BCUT2D eigenvalue weighted by atomic mass is 35.5. The Labute approximate surface area is 143 Å². The molecule has 3 rings (SSSR count). The zero-order valence-electron chi connectivity index (χ0n) is 12.8. The van der Waals surface area contributed by atoms with Crippen LogP contribution in [-0.4, -0.2) is 16.1 Å². The van der Waals surface area contributed by atoms with Gasteiger partial charge in [-0.2, -0.15) is 0 Å². The average Bonchev–Trinajstić information content (AvgIpc) is 2.53. The summed E-state index contributed by atoms with van der Waals surface area (Å²) in [5, 5.41) is 10.1. The highest BCUT2D eigenvalue weighted by Crippen LogP contribution is 2.36. The molecule has 0 fully saturated rings. The monoisotopic (exact) mass is 341 g/mol. The molecule has 0 saturated heterocycles. The number of aromatic nitrogens is 1. The molecular weight excluding hydrogens is 329 g/mol. The summed E-state index contributed by atoms with van der Waals surface area (Å²) in [6.45, 7) is 1.76. The fraction of sp³-hybridized carbons (Fsp3) is 0.0526. The van der Waals surface area contributed by atoms with E-state index < -0.39 is 11.8 Å². The van der Waals surface area contributed by atoms with Crippen molar-refractivity contribution in [2.75, 3.05) is 0 Å². The van der Waals surface area contributed by atoms with Gasteiger partial charge in [0.25, 0.3) is 0 Å². The first-order valence-electron chi connectivity index (χ1n) is 7.23. The molecule has 0 saturated carbocycles. The number of hydrogen-bond acceptors (Lipinski definition) is 2. The van der Waals surface area contributed by atoms with E-state index in [1.54, 1.807) is 43.3 Å². The third kappa shape index (κ3) is 3.01. The molecule has 0 unspecified atom stereocenters. The molecule has 3 nitrogen and oxygen atoms in total. The maximum Gasteiger partial charge on any atom is 0.328 e. The van der Waals surface area contributed by atoms with Gasteiger partial charge in [-0.1, -0.05) is 29.8 Å². The zero-order valence-corrected chi connectivity index (χ0v) is 13.5. The third-order valence-electron chi connectivity index (χ3n) is 3.71. The molecule has 0 aliphatic rings. The molecule has 0 radical (unpaired) electrons. The van der Waals surface area contributed by atoms with Crippen molar-refractivity contribution in [3.63, 3.8) is 0 Å². The number of nitrogens with zero attached hydrogens (tertiary/aromatic N) is 1. The van der Waals surface area contributed by atoms with Crippen LogP contribution in [0.4, 0.5) is 4.39 Å². The van der Waals surface area contributed by atoms with Gasteiger partial charge in [-0.25, -0.2) is 9.18 Å². The number of fused-ring (bicyclic) bond motifs is 1. The number of benzene rings is 2. The molecule has 0 atom stereocenters. The summed E-state index contributed by atoms with van der Waals surface area (Å²) >= 11 is 6.10. The van der Waals surface area contributed by atoms with Gasteiger partial charge in [0.1, 0.15) is 5.82 Å². The lowest BCUT2D eigenvalue weighted by atomic mass is 9.93. The van der Waals surface area contributed by atoms with Gasteiger partial charge in [-0.15, -0.1) is 0 Å². The number of aliphatic carboxylic acids is 1. The van der Waals surface area contributed by atoms with Gasteiger partial charge in [0.2, 0.25) is 0 Å². The third-order valence-corrected chi connectivity index (χ3v) is 3.95. The van der Waals surface area contributed by atoms with Crippen LogP contribution >= 0.6 is 11.6 Å². The van der Waals surface area contributed by atoms with Crippen LogP contribution in [0.15, 0.2) is 48.5 Å². The fourth-order valence-electron chi connectivity index (χ4n) is 2.69. The van der Waals surface area contributed by atoms with Gasteiger partial charge in [0, 0.05) is 38.9 Å². The SMILES string of the molecule is Cc1nc2ccc(Cl)cc2c(-c2ccccc2F)c1C=CC(=O)O. The van der Waals surface area contributed by atoms with Crippen molar-refractivity contribution in [2.45, 2.75) is 6.92 Å². The number of aryl methyl sites for hydroxylation is 1. The molecule has 1 heterocycles. The Morgan fingerprint density at radius 2 is 2.00 bits per heavy atom. The van der Waals surface area contributed by atoms with Crippen LogP contribution in [0.1, 0.15) is 11.3 Å². The quantitative estimate of drug-likeness (QED) is 0.674. The summed E-state index contributed by atoms with van der Waals surface area (Å²) in [6.07, 6.45) is 2.46. The van der Waals surface area contributed by atoms with Crippen molar-refractivity contribution >= 4 is 34.5 Å². The highest BCUT2D eigenvalue weighted by molar-refractivity contribution is 6.31. The van der Waals surface area contributed by atoms with Gasteiger partial charge < -0.3 is 5.11 Å². The molecule has 0 spiro atoms. The molecule has 0 amide bonds. The molecule has 24 heavy (non-hydrogen) atoms. The van der Waals surface area contributed by atoms with Crippen molar-refractivity contribution in [2.24, 2.45) is 0 Å². The first-order valence-corrected chi connectivity index (χ1v) is 7.61. The number of rotatable bonds is 3. The minimum atomic E-state index is -1.08. The Kier molecular flexibility index (Phi) is 4.32. The topological polar surface area (TPSA) is 50.2 Å². The highest BCUT2D eigenvalue weighted by Gasteiger charge is 2.16. The summed E-state index contributed by atoms with van der Waals surface area (Å²) in [4.78, 5) is 15.4. The second-order valence-corrected chi connectivity index (χ2v) is 5.74. The van der Waals surface area contributed by atoms with Crippen LogP contribution in [0, 0.1) is 12.7 Å². The summed E-state index contributed by atoms with van der Waals surface area (Å²) in [5.41, 5.74) is 2.79. The van der Waals surface area contributed by atoms with E-state index in [0.717, 1.165) is 6.08 Å². The van der Waals surface area contributed by atoms with Gasteiger partial charge in [-0.05, 0) is 37.3 Å². The molecule has 0 aliphatic heterocycles. The number of carbonyl (C=O) groups is 1. The summed E-state index contributed by atoms with van der Waals surface area (Å²) in [5.74, 6) is -1.48. The van der Waals surface area contributed by atoms with Crippen LogP contribution in [0.2, 0.25) is 5.02 Å². The molecule has 1 N–H and O–H groups in total. The second kappa shape index (κ2) is 6.42. The predicted octanol–water partition coefficient (Wildman–Crippen LogP) is 5.10. The second-order valence-electron chi connectivity index (χ2n) is 5.30. The Morgan fingerprint density at radius 3 is 2.71 bits per heavy atom. The van der Waals surface area contributed by atoms with Crippen molar-refractivity contribution in [1.29, 1.82) is 0 Å². The van der Waals surface area contributed by atoms with E-state index in [0.29, 0.717) is 38.3 Å². The fourth-order valence-corrected chi connectivity index (χ4v) is 2.86. The van der Waals surface area contributed by atoms with Gasteiger partial charge in [0.05, 0.1) is 5.52 Å². The molecule has 0 bridgehead atoms. The zero-order chi connectivity index (χ0) is 17.3. The minimum Gasteiger partial charge on any atom is -0.478 e. The van der Waals surface area contributed by atoms with E-state index in [9.17, 15) is 9.18 Å². The molecular formula is C19H13ClFNO2. The number of halogens is 2. The van der Waals surface area contributed by atoms with E-state index in [1.165, 1.54) is 12.1 Å². The van der Waals surface area contributed by atoms with Gasteiger partial charge >= 0.3 is 5.97 Å². The van der Waals surface area contributed by atoms with Crippen molar-refractivity contribution < 1.29 is 14.3 Å². The number of carboxylic acid groups (broad SMARTS) is 1. The van der Waals surface area contributed by atoms with Crippen LogP contribution < -0.4 is 0 Å². The van der Waals surface area contributed by atoms with Crippen LogP contribution in [0.25, 0.3) is 28.1 Å². The van der Waals surface area contributed by atoms with Crippen LogP contribution in [-0.2, 0) is 4.79 Å². The van der Waals surface area contributed by atoms with Gasteiger partial charge in [-0.3, -0.25) is 4.98 Å². The Morgan fingerprint density at radius 1 is 1.25 bits per heavy atom. The van der Waals surface area contributed by atoms with Crippen LogP contribution in [0.5, 0.6) is 0 Å². The number of hydrogen-bond donors (Lipinski definition) is 1. The molecule has 120 valence electrons. The molecule has 3 aromatic rings. The molecule has 2 aromatic carbocycles. The van der Waals surface area contributed by atoms with E-state index in [1.807, 2.05) is 0 Å². The Balaban J connectivity index is 2.45. The maximum absolute atomic E-state index is 14.4. The lowest BCUT2D eigenvalue weighted by Crippen LogP contribution is -1.97. The lowest BCUT2D eigenvalue weighted by molar-refractivity contribution is -0.131. The summed E-state index contributed by atoms with van der Waals surface area (Å²) in [6, 6.07) is 11.6. The van der Waals surface area contributed by atoms with Crippen molar-refractivity contribution in [1.82, 2.24) is 4.98 Å². The van der Waals surface area contributed by atoms with Gasteiger partial charge in [0.15, 0.2) is 0 Å². The van der Waals surface area contributed by atoms with Crippen LogP contribution in [0.3, 0.4) is 0 Å². The van der Waals surface area contributed by atoms with E-state index >= 15 is 0 Å². The standard InChI is InChI=1S/C19H13ClFNO2/c1-11-13(7-9-18(23)24)19(14-4-2-3-5-16(14)21)15-10-12(20)6-8-17(15)22-11/h2-10H,1H3,(H,23,24). The summed E-state index contributed by atoms with van der Waals surface area (Å²) < 4.78 is 14.4. The minimum absolute atomic E-state index is 0.375. The first-order chi connectivity index (χ1) is 11.5. The summed E-state index contributed by atoms with van der Waals surface area (Å²) in [7, 11) is 0. The number of pyridine rings is 1.